The second kappa shape index (κ2) is 7.84. The molecule has 19 heavy (non-hydrogen) atoms. The number of morpholine rings is 1. The zero-order chi connectivity index (χ0) is 14.3. The van der Waals surface area contributed by atoms with E-state index in [9.17, 15) is 5.26 Å². The van der Waals surface area contributed by atoms with E-state index in [0.717, 1.165) is 45.6 Å². The third kappa shape index (κ3) is 5.90. The molecule has 4 heteroatoms. The van der Waals surface area contributed by atoms with Crippen LogP contribution in [0.4, 0.5) is 0 Å². The normalized spacial score (nSPS) is 24.1. The summed E-state index contributed by atoms with van der Waals surface area (Å²) < 4.78 is 5.44. The molecule has 0 saturated carbocycles. The van der Waals surface area contributed by atoms with Gasteiger partial charge in [0.05, 0.1) is 19.3 Å². The molecule has 1 fully saturated rings. The summed E-state index contributed by atoms with van der Waals surface area (Å²) in [6.07, 6.45) is 3.16. The van der Waals surface area contributed by atoms with Crippen molar-refractivity contribution < 1.29 is 4.74 Å². The van der Waals surface area contributed by atoms with Crippen LogP contribution in [0, 0.1) is 11.3 Å². The third-order valence-electron chi connectivity index (χ3n) is 3.73. The molecule has 4 nitrogen and oxygen atoms in total. The molecule has 0 aromatic rings. The van der Waals surface area contributed by atoms with E-state index >= 15 is 0 Å². The van der Waals surface area contributed by atoms with E-state index in [1.54, 1.807) is 0 Å². The quantitative estimate of drug-likeness (QED) is 0.718. The second-order valence-electron chi connectivity index (χ2n) is 6.16. The molecule has 1 aliphatic heterocycles. The second-order valence-corrected chi connectivity index (χ2v) is 6.16. The van der Waals surface area contributed by atoms with Crippen LogP contribution in [0.2, 0.25) is 0 Å². The molecule has 110 valence electrons. The van der Waals surface area contributed by atoms with Gasteiger partial charge in [-0.25, -0.2) is 0 Å². The highest BCUT2D eigenvalue weighted by atomic mass is 16.5. The van der Waals surface area contributed by atoms with Crippen LogP contribution >= 0.6 is 0 Å². The molecular formula is C15H29N3O. The zero-order valence-corrected chi connectivity index (χ0v) is 12.9. The maximum Gasteiger partial charge on any atom is 0.104 e. The van der Waals surface area contributed by atoms with Crippen molar-refractivity contribution in [1.82, 2.24) is 10.2 Å². The van der Waals surface area contributed by atoms with Gasteiger partial charge in [-0.05, 0) is 53.5 Å². The molecule has 1 saturated heterocycles. The lowest BCUT2D eigenvalue weighted by atomic mass is 9.95. The predicted molar refractivity (Wildman–Crippen MR) is 78.0 cm³/mol. The van der Waals surface area contributed by atoms with E-state index in [2.05, 4.69) is 37.1 Å². The molecule has 0 aromatic heterocycles. The fourth-order valence-corrected chi connectivity index (χ4v) is 2.68. The summed E-state index contributed by atoms with van der Waals surface area (Å²) >= 11 is 0. The molecule has 1 aliphatic rings. The molecule has 0 amide bonds. The summed E-state index contributed by atoms with van der Waals surface area (Å²) in [7, 11) is 0. The van der Waals surface area contributed by atoms with Gasteiger partial charge in [0, 0.05) is 18.6 Å². The first-order valence-corrected chi connectivity index (χ1v) is 7.47. The lowest BCUT2D eigenvalue weighted by molar-refractivity contribution is -0.00104. The van der Waals surface area contributed by atoms with Gasteiger partial charge in [-0.15, -0.1) is 0 Å². The average Bonchev–Trinajstić information content (AvgIpc) is 2.36. The number of nitrogens with one attached hydrogen (secondary N) is 1. The van der Waals surface area contributed by atoms with Crippen LogP contribution in [0.15, 0.2) is 0 Å². The van der Waals surface area contributed by atoms with E-state index in [-0.39, 0.29) is 5.54 Å². The minimum Gasteiger partial charge on any atom is -0.379 e. The van der Waals surface area contributed by atoms with Crippen molar-refractivity contribution in [3.8, 4) is 6.07 Å². The Morgan fingerprint density at radius 1 is 1.47 bits per heavy atom. The Morgan fingerprint density at radius 3 is 2.79 bits per heavy atom. The molecule has 0 aromatic carbocycles. The van der Waals surface area contributed by atoms with Crippen molar-refractivity contribution in [3.05, 3.63) is 0 Å². The van der Waals surface area contributed by atoms with Crippen molar-refractivity contribution in [3.63, 3.8) is 0 Å². The van der Waals surface area contributed by atoms with Crippen LogP contribution in [0.25, 0.3) is 0 Å². The van der Waals surface area contributed by atoms with E-state index in [0.29, 0.717) is 12.1 Å². The Balaban J connectivity index is 2.23. The number of unbranched alkanes of at least 4 members (excludes halogenated alkanes) is 1. The molecule has 1 heterocycles. The zero-order valence-electron chi connectivity index (χ0n) is 12.9. The lowest BCUT2D eigenvalue weighted by Gasteiger charge is -2.33. The molecule has 0 radical (unpaired) electrons. The Labute approximate surface area is 118 Å². The number of ether oxygens (including phenoxy) is 1. The molecular weight excluding hydrogens is 238 g/mol. The minimum atomic E-state index is -0.384. The Kier molecular flexibility index (Phi) is 6.78. The highest BCUT2D eigenvalue weighted by Crippen LogP contribution is 2.15. The van der Waals surface area contributed by atoms with Crippen molar-refractivity contribution in [2.45, 2.75) is 64.6 Å². The van der Waals surface area contributed by atoms with Gasteiger partial charge in [0.25, 0.3) is 0 Å². The third-order valence-corrected chi connectivity index (χ3v) is 3.73. The van der Waals surface area contributed by atoms with Crippen molar-refractivity contribution in [2.24, 2.45) is 0 Å². The topological polar surface area (TPSA) is 48.3 Å². The van der Waals surface area contributed by atoms with Gasteiger partial charge >= 0.3 is 0 Å². The fourth-order valence-electron chi connectivity index (χ4n) is 2.68. The SMILES string of the molecule is CC(C)NC(C)(C#N)CCCCN1CCOCC1C. The number of hydrogen-bond acceptors (Lipinski definition) is 4. The molecule has 0 spiro atoms. The Bertz CT molecular complexity index is 300. The Morgan fingerprint density at radius 2 is 2.21 bits per heavy atom. The molecule has 1 rings (SSSR count). The summed E-state index contributed by atoms with van der Waals surface area (Å²) in [4.78, 5) is 2.49. The molecule has 1 N–H and O–H groups in total. The van der Waals surface area contributed by atoms with Gasteiger partial charge in [-0.2, -0.15) is 5.26 Å². The van der Waals surface area contributed by atoms with Crippen molar-refractivity contribution >= 4 is 0 Å². The van der Waals surface area contributed by atoms with Crippen LogP contribution in [0.5, 0.6) is 0 Å². The minimum absolute atomic E-state index is 0.351. The average molecular weight is 267 g/mol. The van der Waals surface area contributed by atoms with E-state index in [4.69, 9.17) is 4.74 Å². The number of rotatable bonds is 7. The summed E-state index contributed by atoms with van der Waals surface area (Å²) in [6, 6.07) is 3.30. The van der Waals surface area contributed by atoms with Gasteiger partial charge in [0.15, 0.2) is 0 Å². The largest absolute Gasteiger partial charge is 0.379 e. The van der Waals surface area contributed by atoms with Gasteiger partial charge in [0.1, 0.15) is 5.54 Å². The van der Waals surface area contributed by atoms with E-state index < -0.39 is 0 Å². The smallest absolute Gasteiger partial charge is 0.104 e. The summed E-state index contributed by atoms with van der Waals surface area (Å²) in [5.41, 5.74) is -0.384. The summed E-state index contributed by atoms with van der Waals surface area (Å²) in [5.74, 6) is 0. The van der Waals surface area contributed by atoms with Crippen LogP contribution in [-0.4, -0.2) is 48.8 Å². The fraction of sp³-hybridized carbons (Fsp3) is 0.933. The summed E-state index contributed by atoms with van der Waals surface area (Å²) in [5, 5.41) is 12.6. The van der Waals surface area contributed by atoms with E-state index in [1.807, 2.05) is 6.92 Å². The van der Waals surface area contributed by atoms with Crippen molar-refractivity contribution in [1.29, 1.82) is 5.26 Å². The molecule has 0 bridgehead atoms. The standard InChI is InChI=1S/C15H29N3O/c1-13(2)17-15(4,12-16)7-5-6-8-18-9-10-19-11-14(18)3/h13-14,17H,5-11H2,1-4H3. The predicted octanol–water partition coefficient (Wildman–Crippen LogP) is 2.16. The number of nitriles is 1. The van der Waals surface area contributed by atoms with Crippen LogP contribution in [-0.2, 0) is 4.74 Å². The maximum atomic E-state index is 9.28. The maximum absolute atomic E-state index is 9.28. The number of nitrogens with zero attached hydrogens (tertiary/aromatic N) is 2. The van der Waals surface area contributed by atoms with Gasteiger partial charge in [-0.1, -0.05) is 0 Å². The number of hydrogen-bond donors (Lipinski definition) is 1. The highest BCUT2D eigenvalue weighted by Gasteiger charge is 2.24. The first kappa shape index (κ1) is 16.4. The monoisotopic (exact) mass is 267 g/mol. The molecule has 2 atom stereocenters. The van der Waals surface area contributed by atoms with E-state index in [1.165, 1.54) is 0 Å². The Hall–Kier alpha value is -0.630. The summed E-state index contributed by atoms with van der Waals surface area (Å²) in [6.45, 7) is 12.3. The van der Waals surface area contributed by atoms with Gasteiger partial charge in [0.2, 0.25) is 0 Å². The molecule has 2 unspecified atom stereocenters. The molecule has 0 aliphatic carbocycles. The van der Waals surface area contributed by atoms with Crippen molar-refractivity contribution in [2.75, 3.05) is 26.3 Å². The lowest BCUT2D eigenvalue weighted by Crippen LogP contribution is -2.45. The van der Waals surface area contributed by atoms with Gasteiger partial charge in [-0.3, -0.25) is 10.2 Å². The highest BCUT2D eigenvalue weighted by molar-refractivity contribution is 5.04. The first-order valence-electron chi connectivity index (χ1n) is 7.47. The van der Waals surface area contributed by atoms with Crippen LogP contribution in [0.3, 0.4) is 0 Å². The van der Waals surface area contributed by atoms with Crippen LogP contribution < -0.4 is 5.32 Å². The van der Waals surface area contributed by atoms with Gasteiger partial charge < -0.3 is 4.74 Å². The van der Waals surface area contributed by atoms with Crippen LogP contribution in [0.1, 0.15) is 47.0 Å². The first-order chi connectivity index (χ1) is 8.97.